The number of methoxy groups -OCH3 is 3. The lowest BCUT2D eigenvalue weighted by Gasteiger charge is -2.12. The summed E-state index contributed by atoms with van der Waals surface area (Å²) in [6.45, 7) is 1.95. The average molecular weight is 444 g/mol. The molecule has 0 spiro atoms. The van der Waals surface area contributed by atoms with Gasteiger partial charge in [0.05, 0.1) is 38.3 Å². The Hall–Kier alpha value is -4.26. The van der Waals surface area contributed by atoms with Gasteiger partial charge in [-0.2, -0.15) is 5.10 Å². The van der Waals surface area contributed by atoms with Gasteiger partial charge in [0.15, 0.2) is 0 Å². The number of carbonyl (C=O) groups is 1. The topological polar surface area (TPSA) is 74.6 Å². The van der Waals surface area contributed by atoms with Crippen LogP contribution in [-0.2, 0) is 0 Å². The lowest BCUT2D eigenvalue weighted by atomic mass is 10.1. The number of hydrogen-bond donors (Lipinski definition) is 1. The van der Waals surface area contributed by atoms with Crippen LogP contribution in [0.2, 0.25) is 0 Å². The molecule has 4 aromatic rings. The van der Waals surface area contributed by atoms with Crippen molar-refractivity contribution in [1.29, 1.82) is 0 Å². The number of para-hydroxylation sites is 1. The van der Waals surface area contributed by atoms with Gasteiger partial charge in [0.2, 0.25) is 0 Å². The summed E-state index contributed by atoms with van der Waals surface area (Å²) in [5.41, 5.74) is 3.91. The number of ether oxygens (including phenoxy) is 3. The molecule has 0 aliphatic heterocycles. The Labute approximate surface area is 192 Å². The molecule has 1 heterocycles. The quantitative estimate of drug-likeness (QED) is 0.429. The van der Waals surface area contributed by atoms with Gasteiger partial charge >= 0.3 is 0 Å². The fraction of sp³-hybridized carbons (Fsp3) is 0.154. The van der Waals surface area contributed by atoms with E-state index in [0.29, 0.717) is 39.8 Å². The third kappa shape index (κ3) is 4.52. The Kier molecular flexibility index (Phi) is 6.31. The zero-order valence-electron chi connectivity index (χ0n) is 19.0. The molecule has 0 radical (unpaired) electrons. The van der Waals surface area contributed by atoms with E-state index in [1.807, 2.05) is 55.5 Å². The fourth-order valence-electron chi connectivity index (χ4n) is 3.56. The van der Waals surface area contributed by atoms with E-state index in [-0.39, 0.29) is 5.91 Å². The Balaban J connectivity index is 1.85. The number of hydrogen-bond acceptors (Lipinski definition) is 5. The van der Waals surface area contributed by atoms with Crippen LogP contribution in [0.15, 0.2) is 72.9 Å². The molecular weight excluding hydrogens is 418 g/mol. The summed E-state index contributed by atoms with van der Waals surface area (Å²) in [7, 11) is 4.74. The van der Waals surface area contributed by atoms with Crippen molar-refractivity contribution in [2.45, 2.75) is 6.92 Å². The molecule has 1 amide bonds. The first kappa shape index (κ1) is 22.0. The molecule has 1 N–H and O–H groups in total. The standard InChI is InChI=1S/C26H25N3O4/c1-17-10-12-24(33-4)22(14-17)27-26(30)21-16-29(18-8-6-5-7-9-18)28-25(21)20-15-19(31-2)11-13-23(20)32-3/h5-16H,1-4H3,(H,27,30). The van der Waals surface area contributed by atoms with Gasteiger partial charge in [-0.3, -0.25) is 4.79 Å². The van der Waals surface area contributed by atoms with E-state index in [4.69, 9.17) is 19.3 Å². The fourth-order valence-corrected chi connectivity index (χ4v) is 3.56. The van der Waals surface area contributed by atoms with Gasteiger partial charge < -0.3 is 19.5 Å². The molecule has 0 saturated carbocycles. The van der Waals surface area contributed by atoms with E-state index in [9.17, 15) is 4.79 Å². The van der Waals surface area contributed by atoms with E-state index in [1.54, 1.807) is 50.4 Å². The molecule has 0 bridgehead atoms. The van der Waals surface area contributed by atoms with Crippen LogP contribution in [0.4, 0.5) is 5.69 Å². The van der Waals surface area contributed by atoms with E-state index < -0.39 is 0 Å². The maximum Gasteiger partial charge on any atom is 0.259 e. The largest absolute Gasteiger partial charge is 0.497 e. The zero-order valence-corrected chi connectivity index (χ0v) is 19.0. The Morgan fingerprint density at radius 1 is 0.879 bits per heavy atom. The van der Waals surface area contributed by atoms with E-state index in [1.165, 1.54) is 0 Å². The minimum atomic E-state index is -0.319. The van der Waals surface area contributed by atoms with Gasteiger partial charge in [-0.15, -0.1) is 0 Å². The third-order valence-electron chi connectivity index (χ3n) is 5.24. The molecular formula is C26H25N3O4. The highest BCUT2D eigenvalue weighted by Crippen LogP contribution is 2.36. The average Bonchev–Trinajstić information content (AvgIpc) is 3.30. The predicted octanol–water partition coefficient (Wildman–Crippen LogP) is 5.13. The molecule has 33 heavy (non-hydrogen) atoms. The molecule has 0 atom stereocenters. The molecule has 0 aliphatic rings. The number of aryl methyl sites for hydroxylation is 1. The zero-order chi connectivity index (χ0) is 23.4. The van der Waals surface area contributed by atoms with Crippen LogP contribution >= 0.6 is 0 Å². The number of aromatic nitrogens is 2. The molecule has 7 nitrogen and oxygen atoms in total. The monoisotopic (exact) mass is 443 g/mol. The second-order valence-electron chi connectivity index (χ2n) is 7.40. The molecule has 3 aromatic carbocycles. The summed E-state index contributed by atoms with van der Waals surface area (Å²) in [4.78, 5) is 13.5. The van der Waals surface area contributed by atoms with Crippen molar-refractivity contribution < 1.29 is 19.0 Å². The number of nitrogens with zero attached hydrogens (tertiary/aromatic N) is 2. The van der Waals surface area contributed by atoms with Crippen molar-refractivity contribution in [2.75, 3.05) is 26.6 Å². The first-order valence-corrected chi connectivity index (χ1v) is 10.4. The summed E-state index contributed by atoms with van der Waals surface area (Å²) in [5, 5.41) is 7.72. The molecule has 0 saturated heterocycles. The van der Waals surface area contributed by atoms with Gasteiger partial charge in [-0.25, -0.2) is 4.68 Å². The lowest BCUT2D eigenvalue weighted by Crippen LogP contribution is -2.13. The van der Waals surface area contributed by atoms with Gasteiger partial charge in [-0.05, 0) is 55.0 Å². The molecule has 0 unspecified atom stereocenters. The summed E-state index contributed by atoms with van der Waals surface area (Å²) in [6.07, 6.45) is 1.71. The summed E-state index contributed by atoms with van der Waals surface area (Å²) < 4.78 is 18.1. The molecule has 168 valence electrons. The SMILES string of the molecule is COc1ccc(OC)c(-c2nn(-c3ccccc3)cc2C(=O)Nc2cc(C)ccc2OC)c1. The minimum absolute atomic E-state index is 0.319. The van der Waals surface area contributed by atoms with Crippen LogP contribution in [0.3, 0.4) is 0 Å². The van der Waals surface area contributed by atoms with Gasteiger partial charge in [0.25, 0.3) is 5.91 Å². The van der Waals surface area contributed by atoms with Crippen LogP contribution in [0.25, 0.3) is 16.9 Å². The summed E-state index contributed by atoms with van der Waals surface area (Å²) in [5.74, 6) is 1.47. The minimum Gasteiger partial charge on any atom is -0.497 e. The van der Waals surface area contributed by atoms with Crippen LogP contribution in [0, 0.1) is 6.92 Å². The first-order valence-electron chi connectivity index (χ1n) is 10.4. The van der Waals surface area contributed by atoms with Gasteiger partial charge in [-0.1, -0.05) is 24.3 Å². The van der Waals surface area contributed by atoms with E-state index in [0.717, 1.165) is 11.3 Å². The van der Waals surface area contributed by atoms with Crippen LogP contribution < -0.4 is 19.5 Å². The second kappa shape index (κ2) is 9.48. The molecule has 4 rings (SSSR count). The first-order chi connectivity index (χ1) is 16.0. The molecule has 0 aliphatic carbocycles. The van der Waals surface area contributed by atoms with Crippen LogP contribution in [-0.4, -0.2) is 37.0 Å². The van der Waals surface area contributed by atoms with Crippen molar-refractivity contribution in [3.05, 3.63) is 84.1 Å². The number of rotatable bonds is 7. The normalized spacial score (nSPS) is 10.5. The number of anilines is 1. The number of carbonyl (C=O) groups excluding carboxylic acids is 1. The third-order valence-corrected chi connectivity index (χ3v) is 5.24. The molecule has 0 fully saturated rings. The van der Waals surface area contributed by atoms with E-state index >= 15 is 0 Å². The Morgan fingerprint density at radius 2 is 1.61 bits per heavy atom. The van der Waals surface area contributed by atoms with Crippen molar-refractivity contribution in [1.82, 2.24) is 9.78 Å². The van der Waals surface area contributed by atoms with Crippen LogP contribution in [0.5, 0.6) is 17.2 Å². The van der Waals surface area contributed by atoms with E-state index in [2.05, 4.69) is 5.32 Å². The Bertz CT molecular complexity index is 1280. The number of nitrogens with one attached hydrogen (secondary N) is 1. The second-order valence-corrected chi connectivity index (χ2v) is 7.40. The van der Waals surface area contributed by atoms with Crippen molar-refractivity contribution in [2.24, 2.45) is 0 Å². The maximum absolute atomic E-state index is 13.5. The smallest absolute Gasteiger partial charge is 0.259 e. The van der Waals surface area contributed by atoms with Crippen molar-refractivity contribution >= 4 is 11.6 Å². The summed E-state index contributed by atoms with van der Waals surface area (Å²) >= 11 is 0. The highest BCUT2D eigenvalue weighted by Gasteiger charge is 2.23. The van der Waals surface area contributed by atoms with Crippen molar-refractivity contribution in [3.63, 3.8) is 0 Å². The predicted molar refractivity (Wildman–Crippen MR) is 128 cm³/mol. The number of amides is 1. The maximum atomic E-state index is 13.5. The molecule has 1 aromatic heterocycles. The van der Waals surface area contributed by atoms with Gasteiger partial charge in [0.1, 0.15) is 22.9 Å². The van der Waals surface area contributed by atoms with Crippen molar-refractivity contribution in [3.8, 4) is 34.2 Å². The van der Waals surface area contributed by atoms with Gasteiger partial charge in [0, 0.05) is 11.8 Å². The summed E-state index contributed by atoms with van der Waals surface area (Å²) in [6, 6.07) is 20.6. The molecule has 7 heteroatoms. The van der Waals surface area contributed by atoms with Crippen LogP contribution in [0.1, 0.15) is 15.9 Å². The Morgan fingerprint density at radius 3 is 2.30 bits per heavy atom. The number of benzene rings is 3. The highest BCUT2D eigenvalue weighted by molar-refractivity contribution is 6.09. The highest BCUT2D eigenvalue weighted by atomic mass is 16.5. The lowest BCUT2D eigenvalue weighted by molar-refractivity contribution is 0.102.